The van der Waals surface area contributed by atoms with Crippen molar-refractivity contribution in [3.8, 4) is 0 Å². The molecule has 2 rings (SSSR count). The van der Waals surface area contributed by atoms with Gasteiger partial charge in [0.2, 0.25) is 5.78 Å². The number of hydrogen-bond donors (Lipinski definition) is 0. The molecule has 1 saturated heterocycles. The van der Waals surface area contributed by atoms with Gasteiger partial charge >= 0.3 is 0 Å². The van der Waals surface area contributed by atoms with Crippen LogP contribution in [0, 0.1) is 5.92 Å². The highest BCUT2D eigenvalue weighted by Crippen LogP contribution is 2.14. The van der Waals surface area contributed by atoms with Crippen molar-refractivity contribution in [2.75, 3.05) is 26.4 Å². The maximum Gasteiger partial charge on any atom is 0.204 e. The van der Waals surface area contributed by atoms with E-state index in [1.807, 2.05) is 29.9 Å². The highest BCUT2D eigenvalue weighted by Gasteiger charge is 2.15. The molecule has 1 aliphatic rings. The maximum atomic E-state index is 11.8. The number of aryl methyl sites for hydroxylation is 1. The van der Waals surface area contributed by atoms with Crippen LogP contribution in [0.25, 0.3) is 0 Å². The fourth-order valence-corrected chi connectivity index (χ4v) is 2.06. The Morgan fingerprint density at radius 3 is 2.94 bits per heavy atom. The van der Waals surface area contributed by atoms with Crippen molar-refractivity contribution >= 4 is 5.78 Å². The first-order valence-corrected chi connectivity index (χ1v) is 6.07. The lowest BCUT2D eigenvalue weighted by Gasteiger charge is -2.21. The molecule has 0 bridgehead atoms. The van der Waals surface area contributed by atoms with E-state index in [1.165, 1.54) is 0 Å². The van der Waals surface area contributed by atoms with Crippen molar-refractivity contribution in [1.29, 1.82) is 0 Å². The van der Waals surface area contributed by atoms with Crippen molar-refractivity contribution in [2.45, 2.75) is 12.8 Å². The molecular formula is C13H19NO3. The number of carbonyl (C=O) groups is 1. The number of carbonyl (C=O) groups excluding carboxylic acids is 1. The minimum absolute atomic E-state index is 0.0459. The van der Waals surface area contributed by atoms with Crippen LogP contribution in [0.2, 0.25) is 0 Å². The Bertz CT molecular complexity index is 366. The van der Waals surface area contributed by atoms with Crippen LogP contribution in [0.5, 0.6) is 0 Å². The summed E-state index contributed by atoms with van der Waals surface area (Å²) in [5.74, 6) is 0.592. The van der Waals surface area contributed by atoms with Gasteiger partial charge < -0.3 is 14.0 Å². The van der Waals surface area contributed by atoms with Crippen LogP contribution >= 0.6 is 0 Å². The van der Waals surface area contributed by atoms with E-state index in [0.717, 1.165) is 26.1 Å². The SMILES string of the molecule is Cn1cccc1C(=O)COCC1CCOCC1. The minimum Gasteiger partial charge on any atom is -0.381 e. The molecule has 1 aromatic heterocycles. The van der Waals surface area contributed by atoms with Crippen molar-refractivity contribution in [3.63, 3.8) is 0 Å². The Hall–Kier alpha value is -1.13. The van der Waals surface area contributed by atoms with Gasteiger partial charge in [0.15, 0.2) is 0 Å². The summed E-state index contributed by atoms with van der Waals surface area (Å²) >= 11 is 0. The van der Waals surface area contributed by atoms with Crippen LogP contribution in [-0.4, -0.2) is 36.8 Å². The molecule has 2 heterocycles. The van der Waals surface area contributed by atoms with Crippen molar-refractivity contribution in [2.24, 2.45) is 13.0 Å². The molecule has 0 atom stereocenters. The van der Waals surface area contributed by atoms with Gasteiger partial charge in [-0.2, -0.15) is 0 Å². The molecule has 0 unspecified atom stereocenters. The zero-order chi connectivity index (χ0) is 12.1. The average molecular weight is 237 g/mol. The normalized spacial score (nSPS) is 17.2. The fraction of sp³-hybridized carbons (Fsp3) is 0.615. The summed E-state index contributed by atoms with van der Waals surface area (Å²) in [6, 6.07) is 3.69. The summed E-state index contributed by atoms with van der Waals surface area (Å²) in [6.45, 7) is 2.48. The van der Waals surface area contributed by atoms with E-state index in [1.54, 1.807) is 0 Å². The Balaban J connectivity index is 1.71. The van der Waals surface area contributed by atoms with Crippen LogP contribution < -0.4 is 0 Å². The maximum absolute atomic E-state index is 11.8. The summed E-state index contributed by atoms with van der Waals surface area (Å²) in [6.07, 6.45) is 3.95. The van der Waals surface area contributed by atoms with Crippen LogP contribution in [0.4, 0.5) is 0 Å². The van der Waals surface area contributed by atoms with Gasteiger partial charge in [0.25, 0.3) is 0 Å². The third kappa shape index (κ3) is 3.41. The number of Topliss-reactive ketones (excluding diaryl/α,β-unsaturated/α-hetero) is 1. The van der Waals surface area contributed by atoms with E-state index in [2.05, 4.69) is 0 Å². The van der Waals surface area contributed by atoms with Gasteiger partial charge in [0.05, 0.1) is 12.3 Å². The molecule has 0 radical (unpaired) electrons. The lowest BCUT2D eigenvalue weighted by molar-refractivity contribution is 0.0215. The first-order chi connectivity index (χ1) is 8.27. The molecule has 1 aliphatic heterocycles. The van der Waals surface area contributed by atoms with Gasteiger partial charge in [0.1, 0.15) is 6.61 Å². The molecule has 4 nitrogen and oxygen atoms in total. The first kappa shape index (κ1) is 12.3. The van der Waals surface area contributed by atoms with Gasteiger partial charge in [-0.3, -0.25) is 4.79 Å². The molecule has 94 valence electrons. The summed E-state index contributed by atoms with van der Waals surface area (Å²) in [5, 5.41) is 0. The van der Waals surface area contributed by atoms with E-state index in [9.17, 15) is 4.79 Å². The fourth-order valence-electron chi connectivity index (χ4n) is 2.06. The number of hydrogen-bond acceptors (Lipinski definition) is 3. The first-order valence-electron chi connectivity index (χ1n) is 6.07. The standard InChI is InChI=1S/C13H19NO3/c1-14-6-2-3-12(14)13(15)10-17-9-11-4-7-16-8-5-11/h2-3,6,11H,4-5,7-10H2,1H3. The van der Waals surface area contributed by atoms with Gasteiger partial charge in [-0.25, -0.2) is 0 Å². The molecule has 1 fully saturated rings. The second kappa shape index (κ2) is 5.98. The lowest BCUT2D eigenvalue weighted by Crippen LogP contribution is -2.22. The van der Waals surface area contributed by atoms with Crippen molar-refractivity contribution in [1.82, 2.24) is 4.57 Å². The van der Waals surface area contributed by atoms with E-state index in [-0.39, 0.29) is 12.4 Å². The quantitative estimate of drug-likeness (QED) is 0.731. The second-order valence-electron chi connectivity index (χ2n) is 4.50. The molecule has 4 heteroatoms. The molecule has 0 saturated carbocycles. The number of ether oxygens (including phenoxy) is 2. The number of ketones is 1. The monoisotopic (exact) mass is 237 g/mol. The minimum atomic E-state index is 0.0459. The van der Waals surface area contributed by atoms with Crippen LogP contribution in [-0.2, 0) is 16.5 Å². The molecular weight excluding hydrogens is 218 g/mol. The van der Waals surface area contributed by atoms with E-state index in [0.29, 0.717) is 18.2 Å². The molecule has 1 aromatic rings. The predicted molar refractivity (Wildman–Crippen MR) is 64.1 cm³/mol. The number of rotatable bonds is 5. The highest BCUT2D eigenvalue weighted by atomic mass is 16.5. The molecule has 0 amide bonds. The highest BCUT2D eigenvalue weighted by molar-refractivity contribution is 5.95. The summed E-state index contributed by atoms with van der Waals surface area (Å²) in [4.78, 5) is 11.8. The van der Waals surface area contributed by atoms with Gasteiger partial charge in [0, 0.05) is 26.5 Å². The number of aromatic nitrogens is 1. The lowest BCUT2D eigenvalue weighted by atomic mass is 10.0. The molecule has 0 aromatic carbocycles. The topological polar surface area (TPSA) is 40.5 Å². The average Bonchev–Trinajstić information content (AvgIpc) is 2.77. The van der Waals surface area contributed by atoms with Gasteiger partial charge in [-0.05, 0) is 30.9 Å². The van der Waals surface area contributed by atoms with Gasteiger partial charge in [-0.1, -0.05) is 0 Å². The van der Waals surface area contributed by atoms with Gasteiger partial charge in [-0.15, -0.1) is 0 Å². The second-order valence-corrected chi connectivity index (χ2v) is 4.50. The van der Waals surface area contributed by atoms with Crippen LogP contribution in [0.15, 0.2) is 18.3 Å². The Morgan fingerprint density at radius 1 is 1.53 bits per heavy atom. The summed E-state index contributed by atoms with van der Waals surface area (Å²) < 4.78 is 12.6. The zero-order valence-electron chi connectivity index (χ0n) is 10.2. The zero-order valence-corrected chi connectivity index (χ0v) is 10.2. The summed E-state index contributed by atoms with van der Waals surface area (Å²) in [5.41, 5.74) is 0.706. The predicted octanol–water partition coefficient (Wildman–Crippen LogP) is 1.65. The van der Waals surface area contributed by atoms with Crippen LogP contribution in [0.3, 0.4) is 0 Å². The van der Waals surface area contributed by atoms with Crippen molar-refractivity contribution in [3.05, 3.63) is 24.0 Å². The van der Waals surface area contributed by atoms with E-state index in [4.69, 9.17) is 9.47 Å². The Kier molecular flexibility index (Phi) is 4.34. The van der Waals surface area contributed by atoms with E-state index >= 15 is 0 Å². The van der Waals surface area contributed by atoms with Crippen LogP contribution in [0.1, 0.15) is 23.3 Å². The largest absolute Gasteiger partial charge is 0.381 e. The van der Waals surface area contributed by atoms with Crippen molar-refractivity contribution < 1.29 is 14.3 Å². The van der Waals surface area contributed by atoms with E-state index < -0.39 is 0 Å². The summed E-state index contributed by atoms with van der Waals surface area (Å²) in [7, 11) is 1.87. The third-order valence-electron chi connectivity index (χ3n) is 3.16. The third-order valence-corrected chi connectivity index (χ3v) is 3.16. The number of nitrogens with zero attached hydrogens (tertiary/aromatic N) is 1. The molecule has 0 N–H and O–H groups in total. The molecule has 17 heavy (non-hydrogen) atoms. The molecule has 0 aliphatic carbocycles. The smallest absolute Gasteiger partial charge is 0.204 e. The Morgan fingerprint density at radius 2 is 2.29 bits per heavy atom. The Labute approximate surface area is 102 Å². The molecule has 0 spiro atoms.